The molecule has 0 bridgehead atoms. The summed E-state index contributed by atoms with van der Waals surface area (Å²) in [6.07, 6.45) is -54.3. The van der Waals surface area contributed by atoms with E-state index in [0.717, 1.165) is 6.92 Å². The van der Waals surface area contributed by atoms with E-state index in [1.165, 1.54) is 6.92 Å². The molecule has 6 aliphatic heterocycles. The van der Waals surface area contributed by atoms with Crippen LogP contribution in [0.1, 0.15) is 13.8 Å². The lowest BCUT2D eigenvalue weighted by Gasteiger charge is -2.51. The first-order chi connectivity index (χ1) is 32.6. The second-order valence-electron chi connectivity index (χ2n) is 17.5. The molecule has 31 heteroatoms. The molecule has 6 heterocycles. The molecular weight excluding hydrogens is 950 g/mol. The van der Waals surface area contributed by atoms with Gasteiger partial charge in [0.15, 0.2) is 37.7 Å². The number of ether oxygens (including phenoxy) is 11. The normalized spacial score (nSPS) is 52.1. The zero-order valence-corrected chi connectivity index (χ0v) is 36.8. The molecule has 0 spiro atoms. The van der Waals surface area contributed by atoms with Crippen LogP contribution in [0.25, 0.3) is 0 Å². The Morgan fingerprint density at radius 3 is 1.33 bits per heavy atom. The van der Waals surface area contributed by atoms with Crippen molar-refractivity contribution in [2.45, 2.75) is 198 Å². The molecule has 0 aromatic heterocycles. The van der Waals surface area contributed by atoms with Crippen molar-refractivity contribution in [1.82, 2.24) is 5.32 Å². The highest BCUT2D eigenvalue weighted by atomic mass is 16.8. The monoisotopic (exact) mass is 1020 g/mol. The molecule has 1 amide bonds. The summed E-state index contributed by atoms with van der Waals surface area (Å²) in [6, 6.07) is -1.79. The largest absolute Gasteiger partial charge is 0.394 e. The van der Waals surface area contributed by atoms with Crippen molar-refractivity contribution >= 4 is 5.91 Å². The van der Waals surface area contributed by atoms with Crippen molar-refractivity contribution in [1.29, 1.82) is 0 Å². The highest BCUT2D eigenvalue weighted by Crippen LogP contribution is 2.37. The highest BCUT2D eigenvalue weighted by molar-refractivity contribution is 5.73. The average Bonchev–Trinajstić information content (AvgIpc) is 3.32. The molecule has 69 heavy (non-hydrogen) atoms. The summed E-state index contributed by atoms with van der Waals surface area (Å²) in [5.41, 5.74) is 0. The Morgan fingerprint density at radius 1 is 0.377 bits per heavy atom. The standard InChI is InChI=1S/C38H65NO30/c1-8-16(46)20(50)25(55)35(59-8)69-32-21(51)17(47)10(3-40)63-38(32)67-30-15(39-9(2)45)34(61-11(4-41)18(30)48)68-31-19(49)12(5-42)62-37(27(31)57)66-29-14(7-44)64-36(26(56)23(29)53)65-28-13(6-43)60-33(58)24(54)22(28)52/h8,10-38,40-44,46-58H,3-7H2,1-2H3,(H,39,45)/t8?,10?,11?,12?,13?,14?,15-,16+,17-,18-,19-,20?,21?,22?,23?,24-,25-,26-,27?,28+,29-,30?,31-,32-,33+,34-,35-,36-,37+,38-/m0/s1. The van der Waals surface area contributed by atoms with Crippen LogP contribution >= 0.6 is 0 Å². The lowest BCUT2D eigenvalue weighted by atomic mass is 9.94. The molecule has 6 fully saturated rings. The molecule has 402 valence electrons. The molecule has 0 aromatic carbocycles. The van der Waals surface area contributed by atoms with Crippen LogP contribution in [-0.4, -0.2) is 315 Å². The van der Waals surface area contributed by atoms with E-state index in [0.29, 0.717) is 0 Å². The first-order valence-electron chi connectivity index (χ1n) is 22.0. The number of nitrogens with one attached hydrogen (secondary N) is 1. The van der Waals surface area contributed by atoms with Crippen LogP contribution in [0.15, 0.2) is 0 Å². The average molecular weight is 1020 g/mol. The fraction of sp³-hybridized carbons (Fsp3) is 0.974. The Labute approximate surface area is 390 Å². The predicted molar refractivity (Wildman–Crippen MR) is 209 cm³/mol. The van der Waals surface area contributed by atoms with Crippen LogP contribution in [0.3, 0.4) is 0 Å². The van der Waals surface area contributed by atoms with Gasteiger partial charge in [0, 0.05) is 6.92 Å². The van der Waals surface area contributed by atoms with Gasteiger partial charge in [0.05, 0.1) is 39.1 Å². The van der Waals surface area contributed by atoms with Crippen LogP contribution in [0.4, 0.5) is 0 Å². The number of hydrogen-bond acceptors (Lipinski definition) is 30. The molecule has 31 nitrogen and oxygen atoms in total. The van der Waals surface area contributed by atoms with Crippen molar-refractivity contribution < 1.29 is 149 Å². The van der Waals surface area contributed by atoms with Gasteiger partial charge in [-0.25, -0.2) is 0 Å². The highest BCUT2D eigenvalue weighted by Gasteiger charge is 2.58. The summed E-state index contributed by atoms with van der Waals surface area (Å²) in [5, 5.41) is 194. The van der Waals surface area contributed by atoms with Crippen LogP contribution in [0.2, 0.25) is 0 Å². The Balaban J connectivity index is 1.23. The molecule has 12 unspecified atom stereocenters. The van der Waals surface area contributed by atoms with Crippen LogP contribution in [-0.2, 0) is 56.9 Å². The Hall–Kier alpha value is -1.69. The summed E-state index contributed by atoms with van der Waals surface area (Å²) in [4.78, 5) is 12.7. The van der Waals surface area contributed by atoms with Gasteiger partial charge >= 0.3 is 0 Å². The summed E-state index contributed by atoms with van der Waals surface area (Å²) in [5.74, 6) is -0.863. The smallest absolute Gasteiger partial charge is 0.217 e. The fourth-order valence-corrected chi connectivity index (χ4v) is 8.84. The third kappa shape index (κ3) is 11.8. The van der Waals surface area contributed by atoms with Gasteiger partial charge in [-0.3, -0.25) is 4.79 Å². The van der Waals surface area contributed by atoms with Gasteiger partial charge in [0.2, 0.25) is 5.91 Å². The van der Waals surface area contributed by atoms with Gasteiger partial charge in [-0.15, -0.1) is 0 Å². The first-order valence-corrected chi connectivity index (χ1v) is 22.0. The van der Waals surface area contributed by atoms with Gasteiger partial charge in [-0.1, -0.05) is 0 Å². The van der Waals surface area contributed by atoms with E-state index in [1.807, 2.05) is 0 Å². The molecule has 6 rings (SSSR count). The number of hydrogen-bond donors (Lipinski definition) is 19. The number of aliphatic hydroxyl groups is 18. The van der Waals surface area contributed by atoms with Gasteiger partial charge in [-0.2, -0.15) is 0 Å². The maximum Gasteiger partial charge on any atom is 0.217 e. The summed E-state index contributed by atoms with van der Waals surface area (Å²) < 4.78 is 62.4. The van der Waals surface area contributed by atoms with E-state index in [4.69, 9.17) is 52.1 Å². The Kier molecular flexibility index (Phi) is 19.8. The number of aliphatic hydroxyl groups excluding tert-OH is 18. The fourth-order valence-electron chi connectivity index (χ4n) is 8.84. The van der Waals surface area contributed by atoms with Gasteiger partial charge in [-0.05, 0) is 6.92 Å². The maximum absolute atomic E-state index is 12.7. The molecule has 0 saturated carbocycles. The Bertz CT molecular complexity index is 1610. The van der Waals surface area contributed by atoms with Gasteiger partial charge in [0.1, 0.15) is 140 Å². The molecule has 6 saturated heterocycles. The molecular formula is C38H65NO30. The SMILES string of the molecule is CC(=O)N[C@H]1C(O[C@@H]2OC(CO)[C@H](O)C(O)[C@@H]2O[C@@H]2OC(C)[C@@H](O)C(O)[C@@H]2O)[C@@H](O)C(CO)O[C@H]1O[C@@H]1C(O)[C@@H](O[C@H]2C(CO)O[C@@H](O[C@@H]3C(CO)O[C@@H](O)[C@@H](O)C3O)[C@@H](O)C2O)OC(CO)[C@@H]1O. The van der Waals surface area contributed by atoms with Crippen molar-refractivity contribution in [2.24, 2.45) is 0 Å². The third-order valence-electron chi connectivity index (χ3n) is 12.8. The van der Waals surface area contributed by atoms with Crippen LogP contribution in [0, 0.1) is 0 Å². The second kappa shape index (κ2) is 24.1. The van der Waals surface area contributed by atoms with E-state index < -0.39 is 223 Å². The molecule has 0 aromatic rings. The first kappa shape index (κ1) is 56.6. The van der Waals surface area contributed by atoms with E-state index >= 15 is 0 Å². The minimum atomic E-state index is -2.21. The number of amides is 1. The number of rotatable bonds is 16. The lowest BCUT2D eigenvalue weighted by Crippen LogP contribution is -2.70. The van der Waals surface area contributed by atoms with Crippen molar-refractivity contribution in [2.75, 3.05) is 33.0 Å². The number of carbonyl (C=O) groups excluding carboxylic acids is 1. The number of carbonyl (C=O) groups is 1. The summed E-state index contributed by atoms with van der Waals surface area (Å²) in [7, 11) is 0. The minimum Gasteiger partial charge on any atom is -0.394 e. The summed E-state index contributed by atoms with van der Waals surface area (Å²) >= 11 is 0. The third-order valence-corrected chi connectivity index (χ3v) is 12.8. The predicted octanol–water partition coefficient (Wildman–Crippen LogP) is -12.9. The van der Waals surface area contributed by atoms with Crippen LogP contribution < -0.4 is 5.32 Å². The van der Waals surface area contributed by atoms with Crippen molar-refractivity contribution in [3.8, 4) is 0 Å². The van der Waals surface area contributed by atoms with E-state index in [1.54, 1.807) is 0 Å². The molecule has 30 atom stereocenters. The van der Waals surface area contributed by atoms with E-state index in [9.17, 15) is 96.7 Å². The zero-order chi connectivity index (χ0) is 50.9. The quantitative estimate of drug-likeness (QED) is 0.0682. The molecule has 19 N–H and O–H groups in total. The van der Waals surface area contributed by atoms with Crippen molar-refractivity contribution in [3.05, 3.63) is 0 Å². The minimum absolute atomic E-state index is 0.863. The van der Waals surface area contributed by atoms with Crippen LogP contribution in [0.5, 0.6) is 0 Å². The van der Waals surface area contributed by atoms with E-state index in [2.05, 4.69) is 5.32 Å². The molecule has 0 radical (unpaired) electrons. The topological polar surface area (TPSA) is 495 Å². The van der Waals surface area contributed by atoms with Gasteiger partial charge in [0.25, 0.3) is 0 Å². The molecule has 0 aliphatic carbocycles. The van der Waals surface area contributed by atoms with E-state index in [-0.39, 0.29) is 0 Å². The van der Waals surface area contributed by atoms with Gasteiger partial charge < -0.3 is 149 Å². The zero-order valence-electron chi connectivity index (χ0n) is 36.8. The lowest BCUT2D eigenvalue weighted by molar-refractivity contribution is -0.393. The summed E-state index contributed by atoms with van der Waals surface area (Å²) in [6.45, 7) is -2.55. The maximum atomic E-state index is 12.7. The van der Waals surface area contributed by atoms with Crippen molar-refractivity contribution in [3.63, 3.8) is 0 Å². The second-order valence-corrected chi connectivity index (χ2v) is 17.5. The Morgan fingerprint density at radius 2 is 0.768 bits per heavy atom. The molecule has 6 aliphatic rings.